The lowest BCUT2D eigenvalue weighted by molar-refractivity contribution is -0.118. The zero-order valence-electron chi connectivity index (χ0n) is 12.0. The van der Waals surface area contributed by atoms with Gasteiger partial charge in [-0.1, -0.05) is 37.0 Å². The highest BCUT2D eigenvalue weighted by molar-refractivity contribution is 7.89. The SMILES string of the molecule is CC1(C)[C@@H](C=C(Cl)Cl)[C@@H]1C(=O)Nc1ccc(S(N)(=O)=O)cc1. The van der Waals surface area contributed by atoms with Gasteiger partial charge in [0, 0.05) is 5.69 Å². The van der Waals surface area contributed by atoms with E-state index in [0.29, 0.717) is 5.69 Å². The number of primary sulfonamides is 1. The molecule has 1 amide bonds. The van der Waals surface area contributed by atoms with E-state index in [1.807, 2.05) is 13.8 Å². The van der Waals surface area contributed by atoms with Crippen molar-refractivity contribution in [3.8, 4) is 0 Å². The van der Waals surface area contributed by atoms with Crippen LogP contribution in [0.2, 0.25) is 0 Å². The number of halogens is 2. The minimum atomic E-state index is -3.74. The van der Waals surface area contributed by atoms with Gasteiger partial charge in [-0.25, -0.2) is 13.6 Å². The topological polar surface area (TPSA) is 89.3 Å². The van der Waals surface area contributed by atoms with Gasteiger partial charge in [-0.3, -0.25) is 4.79 Å². The Labute approximate surface area is 139 Å². The number of benzene rings is 1. The molecular weight excluding hydrogens is 347 g/mol. The standard InChI is InChI=1S/C14H16Cl2N2O3S/c1-14(2)10(7-11(15)16)12(14)13(19)18-8-3-5-9(6-4-8)22(17,20)21/h3-7,10,12H,1-2H3,(H,18,19)(H2,17,20,21)/t10-,12+/m0/s1. The third-order valence-electron chi connectivity index (χ3n) is 3.95. The molecule has 0 unspecified atom stereocenters. The summed E-state index contributed by atoms with van der Waals surface area (Å²) >= 11 is 11.3. The van der Waals surface area contributed by atoms with E-state index < -0.39 is 10.0 Å². The summed E-state index contributed by atoms with van der Waals surface area (Å²) in [5, 5.41) is 7.77. The summed E-state index contributed by atoms with van der Waals surface area (Å²) in [5.74, 6) is -0.428. The minimum Gasteiger partial charge on any atom is -0.326 e. The fraction of sp³-hybridized carbons (Fsp3) is 0.357. The van der Waals surface area contributed by atoms with Crippen LogP contribution in [0, 0.1) is 17.3 Å². The number of hydrogen-bond donors (Lipinski definition) is 2. The van der Waals surface area contributed by atoms with Gasteiger partial charge in [-0.05, 0) is 41.7 Å². The molecular formula is C14H16Cl2N2O3S. The quantitative estimate of drug-likeness (QED) is 0.862. The Hall–Kier alpha value is -1.08. The average molecular weight is 363 g/mol. The van der Waals surface area contributed by atoms with E-state index >= 15 is 0 Å². The molecule has 0 saturated heterocycles. The zero-order chi connectivity index (χ0) is 16.7. The van der Waals surface area contributed by atoms with Crippen LogP contribution in [-0.2, 0) is 14.8 Å². The van der Waals surface area contributed by atoms with Crippen molar-refractivity contribution in [2.24, 2.45) is 22.4 Å². The van der Waals surface area contributed by atoms with E-state index in [9.17, 15) is 13.2 Å². The molecule has 5 nitrogen and oxygen atoms in total. The second-order valence-corrected chi connectivity index (χ2v) is 8.41. The number of carbonyl (C=O) groups is 1. The minimum absolute atomic E-state index is 0.00742. The number of amides is 1. The maximum Gasteiger partial charge on any atom is 0.238 e. The smallest absolute Gasteiger partial charge is 0.238 e. The summed E-state index contributed by atoms with van der Waals surface area (Å²) in [5.41, 5.74) is 0.277. The first kappa shape index (κ1) is 17.3. The lowest BCUT2D eigenvalue weighted by Crippen LogP contribution is -2.17. The summed E-state index contributed by atoms with van der Waals surface area (Å²) in [4.78, 5) is 12.3. The van der Waals surface area contributed by atoms with Crippen LogP contribution < -0.4 is 10.5 Å². The Morgan fingerprint density at radius 2 is 1.82 bits per heavy atom. The van der Waals surface area contributed by atoms with Gasteiger partial charge in [0.15, 0.2) is 0 Å². The maximum atomic E-state index is 12.3. The number of nitrogens with two attached hydrogens (primary N) is 1. The van der Waals surface area contributed by atoms with Crippen molar-refractivity contribution in [1.82, 2.24) is 0 Å². The molecule has 0 aromatic heterocycles. The Kier molecular flexibility index (Phi) is 4.59. The summed E-state index contributed by atoms with van der Waals surface area (Å²) in [6, 6.07) is 5.67. The molecule has 1 aromatic rings. The van der Waals surface area contributed by atoms with Gasteiger partial charge in [0.05, 0.1) is 10.8 Å². The summed E-state index contributed by atoms with van der Waals surface area (Å²) in [6.45, 7) is 3.92. The van der Waals surface area contributed by atoms with E-state index in [1.54, 1.807) is 6.08 Å². The van der Waals surface area contributed by atoms with E-state index in [1.165, 1.54) is 24.3 Å². The van der Waals surface area contributed by atoms with Gasteiger partial charge in [-0.2, -0.15) is 0 Å². The molecule has 2 atom stereocenters. The van der Waals surface area contributed by atoms with Crippen LogP contribution in [0.1, 0.15) is 13.8 Å². The second-order valence-electron chi connectivity index (χ2n) is 5.84. The average Bonchev–Trinajstić information content (AvgIpc) is 2.89. The van der Waals surface area contributed by atoms with Crippen molar-refractivity contribution >= 4 is 44.8 Å². The fourth-order valence-electron chi connectivity index (χ4n) is 2.57. The molecule has 1 aromatic carbocycles. The predicted octanol–water partition coefficient (Wildman–Crippen LogP) is 2.86. The van der Waals surface area contributed by atoms with Crippen LogP contribution in [-0.4, -0.2) is 14.3 Å². The van der Waals surface area contributed by atoms with E-state index in [0.717, 1.165) is 0 Å². The summed E-state index contributed by atoms with van der Waals surface area (Å²) < 4.78 is 22.5. The number of rotatable bonds is 4. The molecule has 3 N–H and O–H groups in total. The molecule has 0 spiro atoms. The third-order valence-corrected chi connectivity index (χ3v) is 5.13. The molecule has 1 saturated carbocycles. The zero-order valence-corrected chi connectivity index (χ0v) is 14.3. The van der Waals surface area contributed by atoms with Gasteiger partial charge >= 0.3 is 0 Å². The van der Waals surface area contributed by atoms with Crippen molar-refractivity contribution in [1.29, 1.82) is 0 Å². The Bertz CT molecular complexity index is 723. The van der Waals surface area contributed by atoms with E-state index in [-0.39, 0.29) is 32.5 Å². The molecule has 2 rings (SSSR count). The number of hydrogen-bond acceptors (Lipinski definition) is 3. The second kappa shape index (κ2) is 5.85. The summed E-state index contributed by atoms with van der Waals surface area (Å²) in [6.07, 6.45) is 1.66. The molecule has 1 aliphatic rings. The van der Waals surface area contributed by atoms with Crippen LogP contribution in [0.5, 0.6) is 0 Å². The molecule has 8 heteroatoms. The van der Waals surface area contributed by atoms with Crippen molar-refractivity contribution in [2.75, 3.05) is 5.32 Å². The normalized spacial score (nSPS) is 22.8. The molecule has 0 radical (unpaired) electrons. The number of carbonyl (C=O) groups excluding carboxylic acids is 1. The van der Waals surface area contributed by atoms with Gasteiger partial charge in [-0.15, -0.1) is 0 Å². The monoisotopic (exact) mass is 362 g/mol. The van der Waals surface area contributed by atoms with Crippen LogP contribution in [0.25, 0.3) is 0 Å². The molecule has 1 fully saturated rings. The Balaban J connectivity index is 2.09. The molecule has 0 heterocycles. The number of anilines is 1. The highest BCUT2D eigenvalue weighted by atomic mass is 35.5. The lowest BCUT2D eigenvalue weighted by atomic mass is 10.1. The van der Waals surface area contributed by atoms with Crippen molar-refractivity contribution < 1.29 is 13.2 Å². The van der Waals surface area contributed by atoms with Crippen LogP contribution >= 0.6 is 23.2 Å². The number of sulfonamides is 1. The van der Waals surface area contributed by atoms with Crippen molar-refractivity contribution in [3.63, 3.8) is 0 Å². The van der Waals surface area contributed by atoms with Crippen LogP contribution in [0.15, 0.2) is 39.7 Å². The molecule has 1 aliphatic carbocycles. The largest absolute Gasteiger partial charge is 0.326 e. The lowest BCUT2D eigenvalue weighted by Gasteiger charge is -2.07. The first-order valence-electron chi connectivity index (χ1n) is 6.50. The van der Waals surface area contributed by atoms with Gasteiger partial charge in [0.25, 0.3) is 0 Å². The van der Waals surface area contributed by atoms with Gasteiger partial charge in [0.2, 0.25) is 15.9 Å². The maximum absolute atomic E-state index is 12.3. The predicted molar refractivity (Wildman–Crippen MR) is 87.0 cm³/mol. The number of nitrogens with one attached hydrogen (secondary N) is 1. The first-order chi connectivity index (χ1) is 10.0. The Morgan fingerprint density at radius 1 is 1.27 bits per heavy atom. The van der Waals surface area contributed by atoms with Gasteiger partial charge < -0.3 is 5.32 Å². The van der Waals surface area contributed by atoms with Crippen molar-refractivity contribution in [2.45, 2.75) is 18.7 Å². The molecule has 120 valence electrons. The first-order valence-corrected chi connectivity index (χ1v) is 8.80. The van der Waals surface area contributed by atoms with E-state index in [4.69, 9.17) is 28.3 Å². The third kappa shape index (κ3) is 3.63. The van der Waals surface area contributed by atoms with Gasteiger partial charge in [0.1, 0.15) is 4.49 Å². The summed E-state index contributed by atoms with van der Waals surface area (Å²) in [7, 11) is -3.74. The van der Waals surface area contributed by atoms with Crippen LogP contribution in [0.3, 0.4) is 0 Å². The van der Waals surface area contributed by atoms with Crippen molar-refractivity contribution in [3.05, 3.63) is 34.8 Å². The molecule has 0 bridgehead atoms. The fourth-order valence-corrected chi connectivity index (χ4v) is 3.36. The molecule has 22 heavy (non-hydrogen) atoms. The highest BCUT2D eigenvalue weighted by Gasteiger charge is 2.60. The Morgan fingerprint density at radius 3 is 2.27 bits per heavy atom. The molecule has 0 aliphatic heterocycles. The number of allylic oxidation sites excluding steroid dienone is 1. The van der Waals surface area contributed by atoms with E-state index in [2.05, 4.69) is 5.32 Å². The van der Waals surface area contributed by atoms with Crippen LogP contribution in [0.4, 0.5) is 5.69 Å². The highest BCUT2D eigenvalue weighted by Crippen LogP contribution is 2.60.